The summed E-state index contributed by atoms with van der Waals surface area (Å²) in [7, 11) is 0. The Bertz CT molecular complexity index is 245. The van der Waals surface area contributed by atoms with E-state index in [0.717, 1.165) is 44.8 Å². The van der Waals surface area contributed by atoms with Crippen molar-refractivity contribution in [3.63, 3.8) is 0 Å². The van der Waals surface area contributed by atoms with Crippen LogP contribution < -0.4 is 5.73 Å². The van der Waals surface area contributed by atoms with Gasteiger partial charge >= 0.3 is 5.97 Å². The van der Waals surface area contributed by atoms with Crippen LogP contribution in [0.25, 0.3) is 0 Å². The SMILES string of the molecule is CCC(CN)(CCCCC1CCOCC1)C(=O)O. The molecule has 18 heavy (non-hydrogen) atoms. The van der Waals surface area contributed by atoms with E-state index in [4.69, 9.17) is 10.5 Å². The van der Waals surface area contributed by atoms with Gasteiger partial charge < -0.3 is 15.6 Å². The number of rotatable bonds is 8. The van der Waals surface area contributed by atoms with Crippen LogP contribution in [0.1, 0.15) is 51.9 Å². The van der Waals surface area contributed by atoms with Gasteiger partial charge in [0.1, 0.15) is 0 Å². The molecule has 3 N–H and O–H groups in total. The molecule has 106 valence electrons. The number of aliphatic carboxylic acids is 1. The molecule has 1 atom stereocenters. The topological polar surface area (TPSA) is 72.5 Å². The van der Waals surface area contributed by atoms with Gasteiger partial charge in [0.2, 0.25) is 0 Å². The molecule has 0 bridgehead atoms. The first-order valence-corrected chi connectivity index (χ1v) is 7.16. The highest BCUT2D eigenvalue weighted by atomic mass is 16.5. The number of nitrogens with two attached hydrogens (primary N) is 1. The second-order valence-corrected chi connectivity index (χ2v) is 5.44. The Hall–Kier alpha value is -0.610. The van der Waals surface area contributed by atoms with E-state index in [1.165, 1.54) is 6.42 Å². The molecule has 1 heterocycles. The molecule has 0 aromatic rings. The van der Waals surface area contributed by atoms with Crippen molar-refractivity contribution in [1.29, 1.82) is 0 Å². The molecule has 0 aromatic carbocycles. The molecule has 1 saturated heterocycles. The van der Waals surface area contributed by atoms with Crippen LogP contribution in [-0.4, -0.2) is 30.8 Å². The van der Waals surface area contributed by atoms with E-state index in [1.54, 1.807) is 0 Å². The first-order valence-electron chi connectivity index (χ1n) is 7.16. The van der Waals surface area contributed by atoms with Gasteiger partial charge in [-0.05, 0) is 31.6 Å². The Labute approximate surface area is 110 Å². The Morgan fingerprint density at radius 1 is 1.39 bits per heavy atom. The molecule has 1 aliphatic rings. The summed E-state index contributed by atoms with van der Waals surface area (Å²) < 4.78 is 5.33. The third kappa shape index (κ3) is 4.25. The minimum atomic E-state index is -0.737. The van der Waals surface area contributed by atoms with Crippen molar-refractivity contribution in [2.24, 2.45) is 17.1 Å². The minimum absolute atomic E-state index is 0.246. The van der Waals surface area contributed by atoms with Crippen molar-refractivity contribution in [2.45, 2.75) is 51.9 Å². The smallest absolute Gasteiger partial charge is 0.310 e. The molecular weight excluding hydrogens is 230 g/mol. The number of carboxylic acid groups (broad SMARTS) is 1. The van der Waals surface area contributed by atoms with Gasteiger partial charge in [-0.2, -0.15) is 0 Å². The lowest BCUT2D eigenvalue weighted by molar-refractivity contribution is -0.149. The highest BCUT2D eigenvalue weighted by Crippen LogP contribution is 2.29. The minimum Gasteiger partial charge on any atom is -0.481 e. The molecule has 0 aliphatic carbocycles. The molecule has 4 heteroatoms. The Morgan fingerprint density at radius 2 is 2.06 bits per heavy atom. The Balaban J connectivity index is 2.24. The molecular formula is C14H27NO3. The van der Waals surface area contributed by atoms with Crippen LogP contribution in [-0.2, 0) is 9.53 Å². The number of hydrogen-bond donors (Lipinski definition) is 2. The lowest BCUT2D eigenvalue weighted by Crippen LogP contribution is -2.38. The van der Waals surface area contributed by atoms with Crippen molar-refractivity contribution in [3.8, 4) is 0 Å². The van der Waals surface area contributed by atoms with Crippen LogP contribution in [0.15, 0.2) is 0 Å². The fraction of sp³-hybridized carbons (Fsp3) is 0.929. The van der Waals surface area contributed by atoms with Gasteiger partial charge in [0, 0.05) is 19.8 Å². The third-order valence-electron chi connectivity index (χ3n) is 4.38. The van der Waals surface area contributed by atoms with E-state index in [2.05, 4.69) is 0 Å². The van der Waals surface area contributed by atoms with E-state index in [1.807, 2.05) is 6.92 Å². The van der Waals surface area contributed by atoms with Gasteiger partial charge in [0.15, 0.2) is 0 Å². The van der Waals surface area contributed by atoms with Crippen molar-refractivity contribution in [1.82, 2.24) is 0 Å². The van der Waals surface area contributed by atoms with Gasteiger partial charge in [-0.1, -0.05) is 26.2 Å². The van der Waals surface area contributed by atoms with E-state index in [9.17, 15) is 9.90 Å². The molecule has 1 rings (SSSR count). The summed E-state index contributed by atoms with van der Waals surface area (Å²) in [5.41, 5.74) is 4.95. The van der Waals surface area contributed by atoms with Crippen LogP contribution in [0.5, 0.6) is 0 Å². The zero-order valence-corrected chi connectivity index (χ0v) is 11.5. The predicted molar refractivity (Wildman–Crippen MR) is 71.4 cm³/mol. The zero-order chi connectivity index (χ0) is 13.4. The van der Waals surface area contributed by atoms with Crippen LogP contribution in [0.4, 0.5) is 0 Å². The second-order valence-electron chi connectivity index (χ2n) is 5.44. The average Bonchev–Trinajstić information content (AvgIpc) is 2.40. The molecule has 0 spiro atoms. The summed E-state index contributed by atoms with van der Waals surface area (Å²) in [6, 6.07) is 0. The number of carbonyl (C=O) groups is 1. The molecule has 4 nitrogen and oxygen atoms in total. The van der Waals surface area contributed by atoms with Crippen molar-refractivity contribution in [2.75, 3.05) is 19.8 Å². The summed E-state index contributed by atoms with van der Waals surface area (Å²) in [4.78, 5) is 11.3. The first-order chi connectivity index (χ1) is 8.64. The summed E-state index contributed by atoms with van der Waals surface area (Å²) in [6.07, 6.45) is 6.93. The molecule has 0 amide bonds. The number of carboxylic acids is 1. The Kier molecular flexibility index (Phi) is 6.65. The molecule has 0 aromatic heterocycles. The van der Waals surface area contributed by atoms with Crippen molar-refractivity contribution >= 4 is 5.97 Å². The quantitative estimate of drug-likeness (QED) is 0.655. The van der Waals surface area contributed by atoms with Crippen LogP contribution in [0.3, 0.4) is 0 Å². The summed E-state index contributed by atoms with van der Waals surface area (Å²) in [5.74, 6) is 0.0380. The zero-order valence-electron chi connectivity index (χ0n) is 11.5. The highest BCUT2D eigenvalue weighted by Gasteiger charge is 2.34. The lowest BCUT2D eigenvalue weighted by Gasteiger charge is -2.27. The van der Waals surface area contributed by atoms with Gasteiger partial charge in [0.05, 0.1) is 5.41 Å². The largest absolute Gasteiger partial charge is 0.481 e. The van der Waals surface area contributed by atoms with Crippen molar-refractivity contribution < 1.29 is 14.6 Å². The van der Waals surface area contributed by atoms with Gasteiger partial charge in [-0.3, -0.25) is 4.79 Å². The Morgan fingerprint density at radius 3 is 2.56 bits per heavy atom. The maximum atomic E-state index is 11.3. The van der Waals surface area contributed by atoms with Crippen molar-refractivity contribution in [3.05, 3.63) is 0 Å². The highest BCUT2D eigenvalue weighted by molar-refractivity contribution is 5.74. The predicted octanol–water partition coefficient (Wildman–Crippen LogP) is 2.41. The van der Waals surface area contributed by atoms with E-state index in [0.29, 0.717) is 12.8 Å². The van der Waals surface area contributed by atoms with E-state index >= 15 is 0 Å². The number of ether oxygens (including phenoxy) is 1. The lowest BCUT2D eigenvalue weighted by atomic mass is 9.79. The fourth-order valence-corrected chi connectivity index (χ4v) is 2.70. The monoisotopic (exact) mass is 257 g/mol. The maximum Gasteiger partial charge on any atom is 0.310 e. The summed E-state index contributed by atoms with van der Waals surface area (Å²) in [6.45, 7) is 3.94. The molecule has 1 aliphatic heterocycles. The fourth-order valence-electron chi connectivity index (χ4n) is 2.70. The van der Waals surface area contributed by atoms with E-state index in [-0.39, 0.29) is 6.54 Å². The number of hydrogen-bond acceptors (Lipinski definition) is 3. The van der Waals surface area contributed by atoms with Gasteiger partial charge in [-0.25, -0.2) is 0 Å². The van der Waals surface area contributed by atoms with Gasteiger partial charge in [-0.15, -0.1) is 0 Å². The first kappa shape index (κ1) is 15.4. The van der Waals surface area contributed by atoms with Crippen LogP contribution in [0, 0.1) is 11.3 Å². The summed E-state index contributed by atoms with van der Waals surface area (Å²) >= 11 is 0. The summed E-state index contributed by atoms with van der Waals surface area (Å²) in [5, 5.41) is 9.28. The molecule has 0 radical (unpaired) electrons. The third-order valence-corrected chi connectivity index (χ3v) is 4.38. The molecule has 1 unspecified atom stereocenters. The normalized spacial score (nSPS) is 20.6. The second kappa shape index (κ2) is 7.74. The standard InChI is InChI=1S/C14H27NO3/c1-2-14(11-15,13(16)17)8-4-3-5-12-6-9-18-10-7-12/h12H,2-11,15H2,1H3,(H,16,17). The number of unbranched alkanes of at least 4 members (excludes halogenated alkanes) is 1. The molecule has 0 saturated carbocycles. The molecule has 1 fully saturated rings. The maximum absolute atomic E-state index is 11.3. The average molecular weight is 257 g/mol. The van der Waals surface area contributed by atoms with Gasteiger partial charge in [0.25, 0.3) is 0 Å². The van der Waals surface area contributed by atoms with Crippen LogP contribution >= 0.6 is 0 Å². The van der Waals surface area contributed by atoms with Crippen LogP contribution in [0.2, 0.25) is 0 Å². The van der Waals surface area contributed by atoms with E-state index < -0.39 is 11.4 Å².